The molecule has 0 radical (unpaired) electrons. The van der Waals surface area contributed by atoms with Gasteiger partial charge in [-0.2, -0.15) is 0 Å². The molecule has 0 unspecified atom stereocenters. The lowest BCUT2D eigenvalue weighted by Gasteiger charge is -2.07. The number of thiazole rings is 1. The number of amides is 1. The fourth-order valence-corrected chi connectivity index (χ4v) is 3.56. The van der Waals surface area contributed by atoms with Gasteiger partial charge in [-0.1, -0.05) is 35.9 Å². The zero-order valence-corrected chi connectivity index (χ0v) is 16.5. The van der Waals surface area contributed by atoms with E-state index in [9.17, 15) is 9.18 Å². The standard InChI is InChI=1S/C23H18FN3OS/c1-15-8-10-16(11-9-15)22(28)25-19-6-2-4-17(12-19)21-14-29-23(27-21)26-20-7-3-5-18(24)13-20/h2-14H,1H3,(H,25,28)(H,26,27). The second-order valence-electron chi connectivity index (χ2n) is 6.57. The number of carbonyl (C=O) groups is 1. The van der Waals surface area contributed by atoms with Crippen molar-refractivity contribution in [2.45, 2.75) is 6.92 Å². The number of halogens is 1. The summed E-state index contributed by atoms with van der Waals surface area (Å²) in [6, 6.07) is 21.2. The summed E-state index contributed by atoms with van der Waals surface area (Å²) in [5.74, 6) is -0.460. The third-order valence-electron chi connectivity index (χ3n) is 4.31. The van der Waals surface area contributed by atoms with Gasteiger partial charge in [-0.05, 0) is 49.4 Å². The maximum atomic E-state index is 13.3. The lowest BCUT2D eigenvalue weighted by atomic mass is 10.1. The molecule has 144 valence electrons. The van der Waals surface area contributed by atoms with Crippen molar-refractivity contribution in [1.82, 2.24) is 4.98 Å². The molecule has 4 nitrogen and oxygen atoms in total. The van der Waals surface area contributed by atoms with Crippen LogP contribution in [0, 0.1) is 12.7 Å². The van der Waals surface area contributed by atoms with Gasteiger partial charge < -0.3 is 10.6 Å². The number of aryl methyl sites for hydroxylation is 1. The molecule has 1 amide bonds. The predicted octanol–water partition coefficient (Wildman–Crippen LogP) is 6.25. The highest BCUT2D eigenvalue weighted by Gasteiger charge is 2.09. The van der Waals surface area contributed by atoms with Gasteiger partial charge in [0.1, 0.15) is 5.82 Å². The quantitative estimate of drug-likeness (QED) is 0.414. The molecule has 0 spiro atoms. The maximum Gasteiger partial charge on any atom is 0.255 e. The van der Waals surface area contributed by atoms with E-state index in [0.29, 0.717) is 22.1 Å². The Hall–Kier alpha value is -3.51. The van der Waals surface area contributed by atoms with E-state index in [1.165, 1.54) is 23.5 Å². The number of carbonyl (C=O) groups excluding carboxylic acids is 1. The van der Waals surface area contributed by atoms with Gasteiger partial charge >= 0.3 is 0 Å². The smallest absolute Gasteiger partial charge is 0.255 e. The highest BCUT2D eigenvalue weighted by molar-refractivity contribution is 7.14. The zero-order chi connectivity index (χ0) is 20.2. The van der Waals surface area contributed by atoms with Crippen molar-refractivity contribution in [2.75, 3.05) is 10.6 Å². The molecule has 1 heterocycles. The first kappa shape index (κ1) is 18.8. The Morgan fingerprint density at radius 1 is 0.966 bits per heavy atom. The normalized spacial score (nSPS) is 10.6. The molecule has 3 aromatic carbocycles. The number of nitrogens with zero attached hydrogens (tertiary/aromatic N) is 1. The molecule has 0 aliphatic carbocycles. The first-order valence-corrected chi connectivity index (χ1v) is 9.91. The van der Waals surface area contributed by atoms with Crippen molar-refractivity contribution >= 4 is 33.8 Å². The van der Waals surface area contributed by atoms with E-state index in [-0.39, 0.29) is 11.7 Å². The van der Waals surface area contributed by atoms with Crippen LogP contribution in [0.5, 0.6) is 0 Å². The fraction of sp³-hybridized carbons (Fsp3) is 0.0435. The SMILES string of the molecule is Cc1ccc(C(=O)Nc2cccc(-c3csc(Nc4cccc(F)c4)n3)c2)cc1. The first-order valence-electron chi connectivity index (χ1n) is 9.03. The van der Waals surface area contributed by atoms with Gasteiger partial charge in [0.25, 0.3) is 5.91 Å². The van der Waals surface area contributed by atoms with E-state index in [1.54, 1.807) is 24.3 Å². The number of anilines is 3. The topological polar surface area (TPSA) is 54.0 Å². The second-order valence-corrected chi connectivity index (χ2v) is 7.43. The van der Waals surface area contributed by atoms with Crippen LogP contribution in [0.25, 0.3) is 11.3 Å². The molecule has 4 rings (SSSR count). The molecule has 0 aliphatic rings. The number of hydrogen-bond acceptors (Lipinski definition) is 4. The van der Waals surface area contributed by atoms with Crippen LogP contribution in [0.1, 0.15) is 15.9 Å². The van der Waals surface area contributed by atoms with E-state index < -0.39 is 0 Å². The predicted molar refractivity (Wildman–Crippen MR) is 116 cm³/mol. The third kappa shape index (κ3) is 4.67. The van der Waals surface area contributed by atoms with Gasteiger partial charge in [-0.15, -0.1) is 11.3 Å². The van der Waals surface area contributed by atoms with Crippen LogP contribution in [-0.4, -0.2) is 10.9 Å². The second kappa shape index (κ2) is 8.24. The molecule has 0 saturated heterocycles. The van der Waals surface area contributed by atoms with Gasteiger partial charge in [0.15, 0.2) is 5.13 Å². The summed E-state index contributed by atoms with van der Waals surface area (Å²) in [7, 11) is 0. The van der Waals surface area contributed by atoms with Crippen molar-refractivity contribution in [3.8, 4) is 11.3 Å². The highest BCUT2D eigenvalue weighted by atomic mass is 32.1. The van der Waals surface area contributed by atoms with E-state index in [2.05, 4.69) is 15.6 Å². The number of hydrogen-bond donors (Lipinski definition) is 2. The van der Waals surface area contributed by atoms with E-state index in [0.717, 1.165) is 16.8 Å². The summed E-state index contributed by atoms with van der Waals surface area (Å²) in [5, 5.41) is 8.61. The Bertz CT molecular complexity index is 1150. The van der Waals surface area contributed by atoms with Crippen LogP contribution in [0.2, 0.25) is 0 Å². The van der Waals surface area contributed by atoms with Crippen molar-refractivity contribution in [3.63, 3.8) is 0 Å². The van der Waals surface area contributed by atoms with Gasteiger partial charge in [0.2, 0.25) is 0 Å². The Labute approximate surface area is 172 Å². The Kier molecular flexibility index (Phi) is 5.35. The molecule has 0 bridgehead atoms. The van der Waals surface area contributed by atoms with Crippen molar-refractivity contribution in [3.05, 3.63) is 95.1 Å². The summed E-state index contributed by atoms with van der Waals surface area (Å²) in [6.45, 7) is 1.98. The van der Waals surface area contributed by atoms with Crippen molar-refractivity contribution in [1.29, 1.82) is 0 Å². The number of benzene rings is 3. The van der Waals surface area contributed by atoms with Crippen LogP contribution in [0.4, 0.5) is 20.9 Å². The van der Waals surface area contributed by atoms with Crippen LogP contribution >= 0.6 is 11.3 Å². The molecule has 0 aliphatic heterocycles. The minimum absolute atomic E-state index is 0.158. The minimum Gasteiger partial charge on any atom is -0.331 e. The Morgan fingerprint density at radius 3 is 2.52 bits per heavy atom. The largest absolute Gasteiger partial charge is 0.331 e. The molecule has 4 aromatic rings. The van der Waals surface area contributed by atoms with Gasteiger partial charge in [-0.3, -0.25) is 4.79 Å². The van der Waals surface area contributed by atoms with E-state index in [4.69, 9.17) is 0 Å². The van der Waals surface area contributed by atoms with Crippen LogP contribution in [0.3, 0.4) is 0 Å². The first-order chi connectivity index (χ1) is 14.1. The Balaban J connectivity index is 1.49. The van der Waals surface area contributed by atoms with Gasteiger partial charge in [0.05, 0.1) is 5.69 Å². The number of aromatic nitrogens is 1. The molecule has 2 N–H and O–H groups in total. The molecule has 0 fully saturated rings. The highest BCUT2D eigenvalue weighted by Crippen LogP contribution is 2.29. The summed E-state index contributed by atoms with van der Waals surface area (Å²) in [4.78, 5) is 17.0. The third-order valence-corrected chi connectivity index (χ3v) is 5.07. The fourth-order valence-electron chi connectivity index (χ4n) is 2.82. The average molecular weight is 403 g/mol. The lowest BCUT2D eigenvalue weighted by molar-refractivity contribution is 0.102. The monoisotopic (exact) mass is 403 g/mol. The molecular formula is C23H18FN3OS. The van der Waals surface area contributed by atoms with Gasteiger partial charge in [0, 0.05) is 27.9 Å². The van der Waals surface area contributed by atoms with Crippen LogP contribution in [-0.2, 0) is 0 Å². The van der Waals surface area contributed by atoms with E-state index >= 15 is 0 Å². The summed E-state index contributed by atoms with van der Waals surface area (Å²) < 4.78 is 13.3. The Morgan fingerprint density at radius 2 is 1.72 bits per heavy atom. The van der Waals surface area contributed by atoms with Gasteiger partial charge in [-0.25, -0.2) is 9.37 Å². The van der Waals surface area contributed by atoms with Crippen LogP contribution < -0.4 is 10.6 Å². The number of rotatable bonds is 5. The van der Waals surface area contributed by atoms with Crippen molar-refractivity contribution < 1.29 is 9.18 Å². The summed E-state index contributed by atoms with van der Waals surface area (Å²) in [5.41, 5.74) is 4.72. The molecule has 0 atom stereocenters. The number of nitrogens with one attached hydrogen (secondary N) is 2. The van der Waals surface area contributed by atoms with Crippen LogP contribution in [0.15, 0.2) is 78.2 Å². The van der Waals surface area contributed by atoms with Crippen molar-refractivity contribution in [2.24, 2.45) is 0 Å². The summed E-state index contributed by atoms with van der Waals surface area (Å²) in [6.07, 6.45) is 0. The maximum absolute atomic E-state index is 13.3. The minimum atomic E-state index is -0.302. The molecule has 6 heteroatoms. The molecule has 29 heavy (non-hydrogen) atoms. The molecule has 1 aromatic heterocycles. The summed E-state index contributed by atoms with van der Waals surface area (Å²) >= 11 is 1.43. The average Bonchev–Trinajstić information content (AvgIpc) is 3.17. The molecular weight excluding hydrogens is 385 g/mol. The van der Waals surface area contributed by atoms with E-state index in [1.807, 2.05) is 48.7 Å². The lowest BCUT2D eigenvalue weighted by Crippen LogP contribution is -2.11. The molecule has 0 saturated carbocycles. The zero-order valence-electron chi connectivity index (χ0n) is 15.6.